The second-order valence-corrected chi connectivity index (χ2v) is 6.04. The predicted octanol–water partition coefficient (Wildman–Crippen LogP) is 1.87. The van der Waals surface area contributed by atoms with E-state index >= 15 is 0 Å². The first-order chi connectivity index (χ1) is 6.96. The molecule has 0 radical (unpaired) electrons. The summed E-state index contributed by atoms with van der Waals surface area (Å²) in [5.41, 5.74) is -0.616. The molecule has 2 fully saturated rings. The van der Waals surface area contributed by atoms with Crippen molar-refractivity contribution in [3.63, 3.8) is 0 Å². The molecule has 1 N–H and O–H groups in total. The van der Waals surface area contributed by atoms with E-state index in [-0.39, 0.29) is 12.0 Å². The van der Waals surface area contributed by atoms with Crippen molar-refractivity contribution in [2.75, 3.05) is 13.2 Å². The smallest absolute Gasteiger partial charge is 0.229 e. The van der Waals surface area contributed by atoms with Gasteiger partial charge in [0.05, 0.1) is 11.5 Å². The van der Waals surface area contributed by atoms with Crippen molar-refractivity contribution in [3.05, 3.63) is 0 Å². The lowest BCUT2D eigenvalue weighted by Gasteiger charge is -2.15. The summed E-state index contributed by atoms with van der Waals surface area (Å²) < 4.78 is 4.53. The second-order valence-electron chi connectivity index (χ2n) is 4.56. The van der Waals surface area contributed by atoms with Gasteiger partial charge in [-0.15, -0.1) is 23.2 Å². The van der Waals surface area contributed by atoms with Gasteiger partial charge in [0.25, 0.3) is 0 Å². The van der Waals surface area contributed by atoms with Crippen LogP contribution in [-0.4, -0.2) is 29.5 Å². The quantitative estimate of drug-likeness (QED) is 0.778. The maximum atomic E-state index is 11.8. The Bertz CT molecular complexity index is 277. The van der Waals surface area contributed by atoms with Crippen LogP contribution in [0, 0.1) is 5.41 Å². The van der Waals surface area contributed by atoms with Crippen LogP contribution in [0.4, 0.5) is 0 Å². The molecule has 15 heavy (non-hydrogen) atoms. The molecule has 1 saturated carbocycles. The molecule has 1 aliphatic heterocycles. The minimum atomic E-state index is -0.881. The highest BCUT2D eigenvalue weighted by atomic mass is 35.5. The number of ether oxygens (including phenoxy) is 1. The van der Waals surface area contributed by atoms with Crippen molar-refractivity contribution in [2.24, 2.45) is 5.41 Å². The van der Waals surface area contributed by atoms with E-state index in [9.17, 15) is 4.79 Å². The third kappa shape index (κ3) is 2.10. The van der Waals surface area contributed by atoms with Crippen LogP contribution in [0.15, 0.2) is 0 Å². The number of halogens is 2. The van der Waals surface area contributed by atoms with Gasteiger partial charge in [0.1, 0.15) is 4.33 Å². The number of alkyl halides is 2. The van der Waals surface area contributed by atoms with Crippen LogP contribution >= 0.6 is 23.2 Å². The van der Waals surface area contributed by atoms with Crippen molar-refractivity contribution in [1.82, 2.24) is 5.32 Å². The summed E-state index contributed by atoms with van der Waals surface area (Å²) >= 11 is 11.8. The Morgan fingerprint density at radius 1 is 1.60 bits per heavy atom. The van der Waals surface area contributed by atoms with Crippen LogP contribution in [0.3, 0.4) is 0 Å². The first-order valence-electron chi connectivity index (χ1n) is 5.23. The average Bonchev–Trinajstić information content (AvgIpc) is 2.57. The third-order valence-electron chi connectivity index (χ3n) is 3.27. The van der Waals surface area contributed by atoms with E-state index in [1.807, 2.05) is 0 Å². The van der Waals surface area contributed by atoms with Crippen LogP contribution in [0.25, 0.3) is 0 Å². The van der Waals surface area contributed by atoms with Gasteiger partial charge in [0.15, 0.2) is 0 Å². The lowest BCUT2D eigenvalue weighted by molar-refractivity contribution is -0.126. The molecule has 3 nitrogen and oxygen atoms in total. The zero-order valence-electron chi connectivity index (χ0n) is 8.69. The van der Waals surface area contributed by atoms with Gasteiger partial charge in [-0.3, -0.25) is 4.79 Å². The van der Waals surface area contributed by atoms with Crippen molar-refractivity contribution in [3.8, 4) is 0 Å². The van der Waals surface area contributed by atoms with E-state index in [1.54, 1.807) is 6.92 Å². The molecule has 0 bridgehead atoms. The van der Waals surface area contributed by atoms with E-state index in [2.05, 4.69) is 5.32 Å². The first-order valence-corrected chi connectivity index (χ1v) is 5.99. The molecule has 0 aromatic heterocycles. The molecule has 1 amide bonds. The molecule has 5 heteroatoms. The molecule has 0 spiro atoms. The lowest BCUT2D eigenvalue weighted by atomic mass is 10.1. The van der Waals surface area contributed by atoms with Crippen molar-refractivity contribution in [1.29, 1.82) is 0 Å². The standard InChI is InChI=1S/C10H15Cl2NO2/c1-9(6-10(9,11)12)8(14)13-5-7-3-2-4-15-7/h7H,2-6H2,1H3,(H,13,14)/t7-,9+/m0/s1. The fourth-order valence-corrected chi connectivity index (χ4v) is 2.56. The topological polar surface area (TPSA) is 38.3 Å². The van der Waals surface area contributed by atoms with E-state index in [0.717, 1.165) is 19.4 Å². The number of hydrogen-bond acceptors (Lipinski definition) is 2. The van der Waals surface area contributed by atoms with Gasteiger partial charge >= 0.3 is 0 Å². The Hall–Kier alpha value is 0.01000. The highest BCUT2D eigenvalue weighted by Crippen LogP contribution is 2.63. The molecule has 0 unspecified atom stereocenters. The van der Waals surface area contributed by atoms with Crippen molar-refractivity contribution < 1.29 is 9.53 Å². The van der Waals surface area contributed by atoms with E-state index in [4.69, 9.17) is 27.9 Å². The minimum absolute atomic E-state index is 0.0667. The van der Waals surface area contributed by atoms with Crippen LogP contribution < -0.4 is 5.32 Å². The number of carbonyl (C=O) groups is 1. The van der Waals surface area contributed by atoms with Crippen molar-refractivity contribution in [2.45, 2.75) is 36.6 Å². The Kier molecular flexibility index (Phi) is 2.91. The van der Waals surface area contributed by atoms with Gasteiger partial charge in [0, 0.05) is 13.2 Å². The highest BCUT2D eigenvalue weighted by molar-refractivity contribution is 6.53. The Labute approximate surface area is 99.4 Å². The fourth-order valence-electron chi connectivity index (χ4n) is 1.85. The lowest BCUT2D eigenvalue weighted by Crippen LogP contribution is -2.38. The largest absolute Gasteiger partial charge is 0.376 e. The van der Waals surface area contributed by atoms with E-state index < -0.39 is 9.75 Å². The Morgan fingerprint density at radius 3 is 2.73 bits per heavy atom. The summed E-state index contributed by atoms with van der Waals surface area (Å²) in [7, 11) is 0. The first kappa shape index (κ1) is 11.5. The SMILES string of the molecule is C[C@]1(C(=O)NC[C@@H]2CCCO2)CC1(Cl)Cl. The normalized spacial score (nSPS) is 37.7. The number of hydrogen-bond donors (Lipinski definition) is 1. The monoisotopic (exact) mass is 251 g/mol. The summed E-state index contributed by atoms with van der Waals surface area (Å²) in [6.45, 7) is 3.16. The average molecular weight is 252 g/mol. The molecule has 0 aromatic carbocycles. The molecular formula is C10H15Cl2NO2. The maximum absolute atomic E-state index is 11.8. The van der Waals surface area contributed by atoms with Crippen LogP contribution in [0.5, 0.6) is 0 Å². The molecule has 0 aromatic rings. The van der Waals surface area contributed by atoms with Gasteiger partial charge in [-0.2, -0.15) is 0 Å². The van der Waals surface area contributed by atoms with Gasteiger partial charge in [-0.05, 0) is 26.2 Å². The summed E-state index contributed by atoms with van der Waals surface area (Å²) in [5, 5.41) is 2.85. The van der Waals surface area contributed by atoms with Crippen LogP contribution in [0.1, 0.15) is 26.2 Å². The molecule has 2 rings (SSSR count). The van der Waals surface area contributed by atoms with Gasteiger partial charge in [-0.1, -0.05) is 0 Å². The minimum Gasteiger partial charge on any atom is -0.376 e. The Morgan fingerprint density at radius 2 is 2.27 bits per heavy atom. The van der Waals surface area contributed by atoms with Gasteiger partial charge < -0.3 is 10.1 Å². The molecule has 2 aliphatic rings. The third-order valence-corrected chi connectivity index (χ3v) is 4.37. The zero-order chi connectivity index (χ0) is 11.1. The molecule has 86 valence electrons. The number of rotatable bonds is 3. The molecule has 1 heterocycles. The summed E-state index contributed by atoms with van der Waals surface area (Å²) in [6, 6.07) is 0. The highest BCUT2D eigenvalue weighted by Gasteiger charge is 2.67. The zero-order valence-corrected chi connectivity index (χ0v) is 10.2. The maximum Gasteiger partial charge on any atom is 0.229 e. The Balaban J connectivity index is 1.78. The number of nitrogens with one attached hydrogen (secondary N) is 1. The van der Waals surface area contributed by atoms with Crippen LogP contribution in [-0.2, 0) is 9.53 Å². The summed E-state index contributed by atoms with van der Waals surface area (Å²) in [4.78, 5) is 11.8. The van der Waals surface area contributed by atoms with E-state index in [1.165, 1.54) is 0 Å². The molecule has 2 atom stereocenters. The van der Waals surface area contributed by atoms with E-state index in [0.29, 0.717) is 13.0 Å². The number of amides is 1. The predicted molar refractivity (Wildman–Crippen MR) is 59.1 cm³/mol. The van der Waals surface area contributed by atoms with Gasteiger partial charge in [0.2, 0.25) is 5.91 Å². The van der Waals surface area contributed by atoms with Crippen LogP contribution in [0.2, 0.25) is 0 Å². The molecular weight excluding hydrogens is 237 g/mol. The van der Waals surface area contributed by atoms with Crippen molar-refractivity contribution >= 4 is 29.1 Å². The number of carbonyl (C=O) groups excluding carboxylic acids is 1. The molecule has 1 aliphatic carbocycles. The molecule has 1 saturated heterocycles. The second kappa shape index (κ2) is 3.79. The fraction of sp³-hybridized carbons (Fsp3) is 0.900. The summed E-state index contributed by atoms with van der Waals surface area (Å²) in [6.07, 6.45) is 2.79. The summed E-state index contributed by atoms with van der Waals surface area (Å²) in [5.74, 6) is -0.0667. The van der Waals surface area contributed by atoms with Gasteiger partial charge in [-0.25, -0.2) is 0 Å².